The Morgan fingerprint density at radius 2 is 1.86 bits per heavy atom. The zero-order chi connectivity index (χ0) is 16.5. The summed E-state index contributed by atoms with van der Waals surface area (Å²) < 4.78 is 16.5. The first-order chi connectivity index (χ1) is 9.91. The zero-order valence-electron chi connectivity index (χ0n) is 14.4. The summed E-state index contributed by atoms with van der Waals surface area (Å²) in [5.74, 6) is -2.20. The Labute approximate surface area is 129 Å². The highest BCUT2D eigenvalue weighted by Gasteiger charge is 2.47. The molecule has 0 aliphatic carbocycles. The molecule has 0 amide bonds. The van der Waals surface area contributed by atoms with Crippen LogP contribution < -0.4 is 0 Å². The number of rotatable bonds is 1. The molecule has 2 aliphatic rings. The normalized spacial score (nSPS) is 34.9. The summed E-state index contributed by atoms with van der Waals surface area (Å²) in [6, 6.07) is 0. The van der Waals surface area contributed by atoms with Gasteiger partial charge in [0.05, 0.1) is 6.61 Å². The first-order valence-corrected chi connectivity index (χ1v) is 8.15. The Kier molecular flexibility index (Phi) is 9.09. The highest BCUT2D eigenvalue weighted by atomic mass is 16.8. The van der Waals surface area contributed by atoms with Crippen LogP contribution >= 0.6 is 0 Å². The fourth-order valence-corrected chi connectivity index (χ4v) is 2.65. The van der Waals surface area contributed by atoms with Crippen LogP contribution in [-0.4, -0.2) is 35.4 Å². The Balaban J connectivity index is 0.000000921. The SMILES string of the molecule is CC.CC.CC(=O)OC1CCOC2(CCCC(C)(O)O2)C1. The van der Waals surface area contributed by atoms with Crippen LogP contribution in [0.5, 0.6) is 0 Å². The predicted molar refractivity (Wildman–Crippen MR) is 81.7 cm³/mol. The molecule has 0 bridgehead atoms. The number of aliphatic hydroxyl groups is 1. The molecule has 21 heavy (non-hydrogen) atoms. The average Bonchev–Trinajstić information content (AvgIpc) is 2.41. The summed E-state index contributed by atoms with van der Waals surface area (Å²) in [6.45, 7) is 11.5. The van der Waals surface area contributed by atoms with E-state index in [0.29, 0.717) is 25.9 Å². The fraction of sp³-hybridized carbons (Fsp3) is 0.938. The van der Waals surface area contributed by atoms with Gasteiger partial charge in [0, 0.05) is 32.6 Å². The molecule has 0 aromatic heterocycles. The maximum absolute atomic E-state index is 11.0. The molecular formula is C16H32O5. The van der Waals surface area contributed by atoms with Crippen molar-refractivity contribution < 1.29 is 24.1 Å². The molecule has 3 unspecified atom stereocenters. The van der Waals surface area contributed by atoms with Gasteiger partial charge >= 0.3 is 5.97 Å². The number of carbonyl (C=O) groups excluding carboxylic acids is 1. The molecule has 126 valence electrons. The molecule has 0 radical (unpaired) electrons. The first kappa shape index (κ1) is 20.3. The minimum atomic E-state index is -1.14. The molecular weight excluding hydrogens is 272 g/mol. The van der Waals surface area contributed by atoms with Crippen LogP contribution in [-0.2, 0) is 19.0 Å². The van der Waals surface area contributed by atoms with Gasteiger partial charge in [0.25, 0.3) is 0 Å². The van der Waals surface area contributed by atoms with Crippen LogP contribution in [0, 0.1) is 0 Å². The molecule has 2 rings (SSSR count). The van der Waals surface area contributed by atoms with E-state index in [9.17, 15) is 9.90 Å². The van der Waals surface area contributed by atoms with Crippen molar-refractivity contribution in [1.29, 1.82) is 0 Å². The number of hydrogen-bond donors (Lipinski definition) is 1. The summed E-state index contributed by atoms with van der Waals surface area (Å²) in [5, 5.41) is 9.95. The molecule has 2 saturated heterocycles. The van der Waals surface area contributed by atoms with Crippen molar-refractivity contribution in [3.8, 4) is 0 Å². The molecule has 5 heteroatoms. The standard InChI is InChI=1S/C12H20O5.2C2H6/c1-9(13)16-10-4-7-15-12(8-10)6-3-5-11(2,14)17-12;2*1-2/h10,14H,3-8H2,1-2H3;2*1-2H3. The van der Waals surface area contributed by atoms with Crippen LogP contribution in [0.3, 0.4) is 0 Å². The van der Waals surface area contributed by atoms with E-state index >= 15 is 0 Å². The van der Waals surface area contributed by atoms with Gasteiger partial charge in [-0.3, -0.25) is 4.79 Å². The van der Waals surface area contributed by atoms with E-state index in [-0.39, 0.29) is 12.1 Å². The second kappa shape index (κ2) is 9.38. The second-order valence-corrected chi connectivity index (χ2v) is 5.11. The number of ether oxygens (including phenoxy) is 3. The van der Waals surface area contributed by atoms with Crippen LogP contribution in [0.4, 0.5) is 0 Å². The van der Waals surface area contributed by atoms with Gasteiger partial charge < -0.3 is 19.3 Å². The monoisotopic (exact) mass is 304 g/mol. The maximum Gasteiger partial charge on any atom is 0.302 e. The topological polar surface area (TPSA) is 65.0 Å². The lowest BCUT2D eigenvalue weighted by Gasteiger charge is -2.47. The molecule has 0 saturated carbocycles. The Morgan fingerprint density at radius 3 is 2.38 bits per heavy atom. The number of hydrogen-bond acceptors (Lipinski definition) is 5. The van der Waals surface area contributed by atoms with Gasteiger partial charge in [0.15, 0.2) is 11.6 Å². The molecule has 2 heterocycles. The van der Waals surface area contributed by atoms with Gasteiger partial charge in [0.2, 0.25) is 0 Å². The van der Waals surface area contributed by atoms with Gasteiger partial charge in [-0.25, -0.2) is 0 Å². The summed E-state index contributed by atoms with van der Waals surface area (Å²) in [6.07, 6.45) is 3.21. The van der Waals surface area contributed by atoms with E-state index in [1.807, 2.05) is 27.7 Å². The quantitative estimate of drug-likeness (QED) is 0.752. The molecule has 3 atom stereocenters. The van der Waals surface area contributed by atoms with E-state index in [0.717, 1.165) is 12.8 Å². The second-order valence-electron chi connectivity index (χ2n) is 5.11. The van der Waals surface area contributed by atoms with Crippen LogP contribution in [0.25, 0.3) is 0 Å². The van der Waals surface area contributed by atoms with Crippen molar-refractivity contribution in [2.45, 2.75) is 91.3 Å². The van der Waals surface area contributed by atoms with Crippen molar-refractivity contribution in [3.63, 3.8) is 0 Å². The third-order valence-corrected chi connectivity index (χ3v) is 3.28. The lowest BCUT2D eigenvalue weighted by molar-refractivity contribution is -0.379. The highest BCUT2D eigenvalue weighted by Crippen LogP contribution is 2.40. The lowest BCUT2D eigenvalue weighted by atomic mass is 9.92. The van der Waals surface area contributed by atoms with Gasteiger partial charge in [-0.1, -0.05) is 27.7 Å². The maximum atomic E-state index is 11.0. The van der Waals surface area contributed by atoms with Gasteiger partial charge in [0.1, 0.15) is 6.10 Å². The minimum absolute atomic E-state index is 0.171. The van der Waals surface area contributed by atoms with Crippen LogP contribution in [0.1, 0.15) is 73.6 Å². The van der Waals surface area contributed by atoms with Crippen LogP contribution in [0.2, 0.25) is 0 Å². The minimum Gasteiger partial charge on any atom is -0.462 e. The van der Waals surface area contributed by atoms with E-state index < -0.39 is 11.6 Å². The highest BCUT2D eigenvalue weighted by molar-refractivity contribution is 5.66. The van der Waals surface area contributed by atoms with E-state index in [4.69, 9.17) is 14.2 Å². The molecule has 5 nitrogen and oxygen atoms in total. The number of esters is 1. The Bertz CT molecular complexity index is 299. The van der Waals surface area contributed by atoms with Crippen molar-refractivity contribution in [2.75, 3.05) is 6.61 Å². The average molecular weight is 304 g/mol. The summed E-state index contributed by atoms with van der Waals surface area (Å²) >= 11 is 0. The first-order valence-electron chi connectivity index (χ1n) is 8.15. The van der Waals surface area contributed by atoms with Gasteiger partial charge in [-0.05, 0) is 13.3 Å². The van der Waals surface area contributed by atoms with Crippen LogP contribution in [0.15, 0.2) is 0 Å². The molecule has 0 aromatic carbocycles. The Morgan fingerprint density at radius 1 is 1.24 bits per heavy atom. The Hall–Kier alpha value is -0.650. The molecule has 0 aromatic rings. The van der Waals surface area contributed by atoms with Crippen molar-refractivity contribution in [2.24, 2.45) is 0 Å². The predicted octanol–water partition coefficient (Wildman–Crippen LogP) is 3.39. The smallest absolute Gasteiger partial charge is 0.302 e. The fourth-order valence-electron chi connectivity index (χ4n) is 2.65. The molecule has 2 aliphatic heterocycles. The third kappa shape index (κ3) is 6.76. The summed E-state index contributed by atoms with van der Waals surface area (Å²) in [4.78, 5) is 11.0. The molecule has 2 fully saturated rings. The van der Waals surface area contributed by atoms with Crippen molar-refractivity contribution in [1.82, 2.24) is 0 Å². The van der Waals surface area contributed by atoms with E-state index in [2.05, 4.69) is 0 Å². The van der Waals surface area contributed by atoms with E-state index in [1.54, 1.807) is 6.92 Å². The molecule has 1 N–H and O–H groups in total. The number of carbonyl (C=O) groups is 1. The van der Waals surface area contributed by atoms with E-state index in [1.165, 1.54) is 6.92 Å². The van der Waals surface area contributed by atoms with Gasteiger partial charge in [-0.15, -0.1) is 0 Å². The van der Waals surface area contributed by atoms with Gasteiger partial charge in [-0.2, -0.15) is 0 Å². The lowest BCUT2D eigenvalue weighted by Crippen LogP contribution is -2.53. The van der Waals surface area contributed by atoms with Crippen molar-refractivity contribution in [3.05, 3.63) is 0 Å². The summed E-state index contributed by atoms with van der Waals surface area (Å²) in [5.41, 5.74) is 0. The summed E-state index contributed by atoms with van der Waals surface area (Å²) in [7, 11) is 0. The van der Waals surface area contributed by atoms with Crippen molar-refractivity contribution >= 4 is 5.97 Å². The zero-order valence-corrected chi connectivity index (χ0v) is 14.4. The third-order valence-electron chi connectivity index (χ3n) is 3.28. The molecule has 1 spiro atoms. The largest absolute Gasteiger partial charge is 0.462 e.